The molecule has 4 aromatic heterocycles. The van der Waals surface area contributed by atoms with Gasteiger partial charge in [-0.2, -0.15) is 0 Å². The van der Waals surface area contributed by atoms with Crippen LogP contribution in [0, 0.1) is 17.7 Å². The summed E-state index contributed by atoms with van der Waals surface area (Å²) in [5, 5.41) is 6.45. The van der Waals surface area contributed by atoms with Crippen molar-refractivity contribution in [3.8, 4) is 39.5 Å². The molecule has 0 unspecified atom stereocenters. The number of benzene rings is 2. The first kappa shape index (κ1) is 48.5. The van der Waals surface area contributed by atoms with E-state index in [9.17, 15) is 19.2 Å². The van der Waals surface area contributed by atoms with Crippen molar-refractivity contribution < 1.29 is 42.5 Å². The third-order valence-electron chi connectivity index (χ3n) is 15.3. The number of aromatic amines is 2. The van der Waals surface area contributed by atoms with E-state index in [1.807, 2.05) is 56.9 Å². The van der Waals surface area contributed by atoms with Gasteiger partial charge in [0.1, 0.15) is 35.3 Å². The van der Waals surface area contributed by atoms with Gasteiger partial charge in [-0.25, -0.2) is 23.9 Å². The third kappa shape index (κ3) is 9.23. The van der Waals surface area contributed by atoms with Crippen molar-refractivity contribution >= 4 is 46.2 Å². The van der Waals surface area contributed by atoms with Crippen LogP contribution in [0.1, 0.15) is 125 Å². The molecule has 1 aliphatic carbocycles. The molecule has 11 rings (SSSR count). The van der Waals surface area contributed by atoms with Crippen LogP contribution >= 0.6 is 11.3 Å². The molecule has 2 aromatic carbocycles. The smallest absolute Gasteiger partial charge is 0.407 e. The van der Waals surface area contributed by atoms with Crippen molar-refractivity contribution in [2.75, 3.05) is 27.3 Å². The maximum absolute atomic E-state index is 17.0. The second-order valence-corrected chi connectivity index (χ2v) is 21.8. The quantitative estimate of drug-likeness (QED) is 0.0916. The Hall–Kier alpha value is -6.73. The number of likely N-dealkylation sites (tertiary alicyclic amines) is 2. The summed E-state index contributed by atoms with van der Waals surface area (Å²) < 4.78 is 41.8. The van der Waals surface area contributed by atoms with Crippen LogP contribution in [0.15, 0.2) is 60.9 Å². The Labute approximate surface area is 426 Å². The lowest BCUT2D eigenvalue weighted by Crippen LogP contribution is -2.54. The fourth-order valence-electron chi connectivity index (χ4n) is 11.7. The normalized spacial score (nSPS) is 23.5. The number of imidazole rings is 2. The third-order valence-corrected chi connectivity index (χ3v) is 16.6. The molecule has 0 spiro atoms. The zero-order chi connectivity index (χ0) is 50.8. The molecule has 3 saturated heterocycles. The Morgan fingerprint density at radius 2 is 1.41 bits per heavy atom. The molecule has 4 aliphatic heterocycles. The molecule has 19 heteroatoms. The predicted molar refractivity (Wildman–Crippen MR) is 271 cm³/mol. The average Bonchev–Trinajstić information content (AvgIpc) is 4.10. The van der Waals surface area contributed by atoms with Gasteiger partial charge in [-0.3, -0.25) is 14.2 Å². The molecule has 7 atom stereocenters. The number of nitrogens with zero attached hydrogens (tertiary/aromatic N) is 5. The van der Waals surface area contributed by atoms with Crippen LogP contribution in [0.2, 0.25) is 0 Å². The Bertz CT molecular complexity index is 3080. The Morgan fingerprint density at radius 1 is 0.781 bits per heavy atom. The highest BCUT2D eigenvalue weighted by Gasteiger charge is 2.43. The summed E-state index contributed by atoms with van der Waals surface area (Å²) in [6.07, 6.45) is 8.02. The molecular weight excluding hydrogens is 954 g/mol. The van der Waals surface area contributed by atoms with Gasteiger partial charge in [0, 0.05) is 34.5 Å². The molecule has 4 amide bonds. The molecule has 1 saturated carbocycles. The van der Waals surface area contributed by atoms with Crippen LogP contribution in [0.3, 0.4) is 0 Å². The number of methoxy groups -OCH3 is 2. The largest absolute Gasteiger partial charge is 0.464 e. The molecule has 6 aromatic rings. The second-order valence-electron chi connectivity index (χ2n) is 20.7. The van der Waals surface area contributed by atoms with Crippen molar-refractivity contribution in [2.24, 2.45) is 11.8 Å². The van der Waals surface area contributed by atoms with Crippen molar-refractivity contribution in [1.29, 1.82) is 0 Å². The summed E-state index contributed by atoms with van der Waals surface area (Å²) in [6, 6.07) is 13.6. The molecule has 4 N–H and O–H groups in total. The Morgan fingerprint density at radius 3 is 2.05 bits per heavy atom. The minimum atomic E-state index is -0.771. The SMILES string of the molecule is COC(=O)N[C@H](C(=O)N1CCC[C@H]1c1ncc(-c2cc(F)c3c(c2)O[C@@H](c2ccc(C4CC4)s2)n2c-3cc3cc(-c4cnc([C@@H]5CCCN5C(=O)[C@@H](NC(=O)OC)C5C[C@@H](C)O[C@H](C)C5)[nH]4)ccc32)[nH]1)C(C)C. The fraction of sp³-hybridized carbons (Fsp3) is 0.481. The molecule has 8 heterocycles. The molecular formula is C54H62FN9O8S. The average molecular weight is 1020 g/mol. The summed E-state index contributed by atoms with van der Waals surface area (Å²) in [5.41, 5.74) is 4.69. The number of fused-ring (bicyclic) bond motifs is 5. The molecule has 4 fully saturated rings. The maximum Gasteiger partial charge on any atom is 0.407 e. The predicted octanol–water partition coefficient (Wildman–Crippen LogP) is 9.74. The van der Waals surface area contributed by atoms with Crippen molar-refractivity contribution in [3.05, 3.63) is 88.1 Å². The number of carbonyl (C=O) groups excluding carboxylic acids is 4. The molecule has 17 nitrogen and oxygen atoms in total. The zero-order valence-corrected chi connectivity index (χ0v) is 42.7. The standard InChI is InChI=1S/C54H62FN9O8S/c1-27(2)46(60-53(67)69-5)50(65)62-17-7-9-39(62)49-57-26-37(59-49)32-22-35(55)45-41-23-33-21-31(13-14-38(33)64(41)52(72-42(45)24-32)44-16-15-43(73-44)30-11-12-30)36-25-56-48(58-36)40-10-8-18-63(40)51(66)47(61-54(68)70-6)34-19-28(3)71-29(4)20-34/h13-16,21-30,34,39-40,46-47,52H,7-12,17-20H2,1-6H3,(H,56,58)(H,57,59)(H,60,67)(H,61,68)/t28-,29-,39+,40+,46+,47+,52+/m1/s1. The number of carbonyl (C=O) groups is 4. The van der Waals surface area contributed by atoms with Gasteiger partial charge < -0.3 is 49.3 Å². The number of ether oxygens (including phenoxy) is 4. The van der Waals surface area contributed by atoms with Crippen molar-refractivity contribution in [2.45, 2.75) is 128 Å². The van der Waals surface area contributed by atoms with Crippen molar-refractivity contribution in [3.63, 3.8) is 0 Å². The Kier molecular flexibility index (Phi) is 13.0. The van der Waals surface area contributed by atoms with E-state index in [2.05, 4.69) is 43.4 Å². The lowest BCUT2D eigenvalue weighted by molar-refractivity contribution is -0.138. The van der Waals surface area contributed by atoms with E-state index in [1.54, 1.807) is 28.6 Å². The van der Waals surface area contributed by atoms with Crippen LogP contribution in [0.4, 0.5) is 14.0 Å². The molecule has 384 valence electrons. The van der Waals surface area contributed by atoms with Crippen LogP contribution in [-0.4, -0.2) is 110 Å². The summed E-state index contributed by atoms with van der Waals surface area (Å²) in [5.74, 6) is 1.08. The van der Waals surface area contributed by atoms with Gasteiger partial charge in [0.25, 0.3) is 0 Å². The number of alkyl carbamates (subject to hydrolysis) is 2. The van der Waals surface area contributed by atoms with Gasteiger partial charge in [-0.15, -0.1) is 11.3 Å². The monoisotopic (exact) mass is 1020 g/mol. The summed E-state index contributed by atoms with van der Waals surface area (Å²) in [6.45, 7) is 8.78. The van der Waals surface area contributed by atoms with Gasteiger partial charge in [0.2, 0.25) is 18.0 Å². The maximum atomic E-state index is 17.0. The van der Waals surface area contributed by atoms with Gasteiger partial charge in [0.15, 0.2) is 0 Å². The topological polar surface area (TPSA) is 198 Å². The number of amides is 4. The van der Waals surface area contributed by atoms with Crippen LogP contribution in [0.25, 0.3) is 44.7 Å². The number of rotatable bonds is 12. The highest BCUT2D eigenvalue weighted by Crippen LogP contribution is 2.50. The van der Waals surface area contributed by atoms with Gasteiger partial charge in [-0.1, -0.05) is 19.9 Å². The van der Waals surface area contributed by atoms with E-state index >= 15 is 4.39 Å². The fourth-order valence-corrected chi connectivity index (χ4v) is 12.9. The van der Waals surface area contributed by atoms with Gasteiger partial charge >= 0.3 is 12.2 Å². The number of nitrogens with one attached hydrogen (secondary N) is 4. The summed E-state index contributed by atoms with van der Waals surface area (Å²) >= 11 is 1.73. The second kappa shape index (κ2) is 19.6. The number of hydrogen-bond acceptors (Lipinski definition) is 11. The zero-order valence-electron chi connectivity index (χ0n) is 41.9. The summed E-state index contributed by atoms with van der Waals surface area (Å²) in [4.78, 5) is 75.5. The van der Waals surface area contributed by atoms with Gasteiger partial charge in [0.05, 0.1) is 83.9 Å². The first-order valence-electron chi connectivity index (χ1n) is 25.6. The molecule has 0 radical (unpaired) electrons. The minimum Gasteiger partial charge on any atom is -0.464 e. The minimum absolute atomic E-state index is 0.0493. The van der Waals surface area contributed by atoms with Crippen LogP contribution in [0.5, 0.6) is 5.75 Å². The van der Waals surface area contributed by atoms with E-state index in [4.69, 9.17) is 28.9 Å². The lowest BCUT2D eigenvalue weighted by atomic mass is 9.85. The van der Waals surface area contributed by atoms with Crippen LogP contribution < -0.4 is 15.4 Å². The van der Waals surface area contributed by atoms with Crippen LogP contribution in [-0.2, 0) is 23.8 Å². The first-order valence-corrected chi connectivity index (χ1v) is 26.4. The van der Waals surface area contributed by atoms with Crippen molar-refractivity contribution in [1.82, 2.24) is 44.9 Å². The van der Waals surface area contributed by atoms with E-state index < -0.39 is 36.3 Å². The van der Waals surface area contributed by atoms with E-state index in [-0.39, 0.29) is 47.9 Å². The van der Waals surface area contributed by atoms with E-state index in [0.717, 1.165) is 52.7 Å². The first-order chi connectivity index (χ1) is 35.3. The summed E-state index contributed by atoms with van der Waals surface area (Å²) in [7, 11) is 2.57. The highest BCUT2D eigenvalue weighted by atomic mass is 32.1. The molecule has 73 heavy (non-hydrogen) atoms. The number of thiophene rings is 1. The van der Waals surface area contributed by atoms with Gasteiger partial charge in [-0.05, 0) is 125 Å². The highest BCUT2D eigenvalue weighted by molar-refractivity contribution is 7.12. The number of aromatic nitrogens is 5. The molecule has 5 aliphatic rings. The Balaban J connectivity index is 0.893. The molecule has 0 bridgehead atoms. The number of hydrogen-bond donors (Lipinski definition) is 4. The number of H-pyrrole nitrogens is 2. The lowest BCUT2D eigenvalue weighted by Gasteiger charge is -2.38. The van der Waals surface area contributed by atoms with E-state index in [0.29, 0.717) is 84.6 Å². The number of halogens is 1. The van der Waals surface area contributed by atoms with E-state index in [1.165, 1.54) is 25.2 Å².